The van der Waals surface area contributed by atoms with Crippen molar-refractivity contribution in [3.05, 3.63) is 71.8 Å². The molecule has 2 heteroatoms. The van der Waals surface area contributed by atoms with E-state index in [0.717, 1.165) is 19.5 Å². The highest BCUT2D eigenvalue weighted by molar-refractivity contribution is 5.87. The molecule has 2 fully saturated rings. The fourth-order valence-electron chi connectivity index (χ4n) is 4.37. The molecular formula is C20H21NO. The van der Waals surface area contributed by atoms with E-state index in [-0.39, 0.29) is 11.5 Å². The van der Waals surface area contributed by atoms with Gasteiger partial charge in [-0.05, 0) is 30.4 Å². The number of Topliss-reactive ketones (excluding diaryl/α,β-unsaturated/α-hetero) is 1. The minimum absolute atomic E-state index is 0.129. The van der Waals surface area contributed by atoms with E-state index in [9.17, 15) is 4.79 Å². The molecular weight excluding hydrogens is 270 g/mol. The van der Waals surface area contributed by atoms with E-state index >= 15 is 0 Å². The van der Waals surface area contributed by atoms with Gasteiger partial charge in [0.2, 0.25) is 0 Å². The van der Waals surface area contributed by atoms with Crippen LogP contribution >= 0.6 is 0 Å². The summed E-state index contributed by atoms with van der Waals surface area (Å²) in [6, 6.07) is 21.4. The molecule has 2 aromatic carbocycles. The summed E-state index contributed by atoms with van der Waals surface area (Å²) in [4.78, 5) is 14.9. The first kappa shape index (κ1) is 13.7. The van der Waals surface area contributed by atoms with Gasteiger partial charge in [-0.25, -0.2) is 0 Å². The van der Waals surface area contributed by atoms with Crippen molar-refractivity contribution in [2.75, 3.05) is 6.54 Å². The van der Waals surface area contributed by atoms with Gasteiger partial charge >= 0.3 is 0 Å². The van der Waals surface area contributed by atoms with Gasteiger partial charge in [0.1, 0.15) is 5.78 Å². The third-order valence-corrected chi connectivity index (χ3v) is 5.46. The van der Waals surface area contributed by atoms with Crippen LogP contribution in [-0.4, -0.2) is 17.2 Å². The van der Waals surface area contributed by atoms with Crippen molar-refractivity contribution in [2.45, 2.75) is 25.9 Å². The van der Waals surface area contributed by atoms with E-state index in [0.29, 0.717) is 11.7 Å². The third-order valence-electron chi connectivity index (χ3n) is 5.46. The molecule has 22 heavy (non-hydrogen) atoms. The lowest BCUT2D eigenvalue weighted by Crippen LogP contribution is -2.32. The van der Waals surface area contributed by atoms with E-state index in [4.69, 9.17) is 0 Å². The monoisotopic (exact) mass is 291 g/mol. The number of benzene rings is 2. The predicted octanol–water partition coefficient (Wildman–Crippen LogP) is 3.84. The van der Waals surface area contributed by atoms with Crippen LogP contribution in [0.1, 0.15) is 30.5 Å². The second-order valence-corrected chi connectivity index (χ2v) is 6.73. The maximum atomic E-state index is 12.4. The summed E-state index contributed by atoms with van der Waals surface area (Å²) in [6.07, 6.45) is 1.06. The van der Waals surface area contributed by atoms with Crippen LogP contribution in [0.2, 0.25) is 0 Å². The Morgan fingerprint density at radius 2 is 1.73 bits per heavy atom. The van der Waals surface area contributed by atoms with Gasteiger partial charge in [0.05, 0.1) is 5.41 Å². The Hall–Kier alpha value is -1.93. The molecule has 1 aliphatic heterocycles. The molecule has 0 aromatic heterocycles. The molecule has 3 atom stereocenters. The zero-order chi connectivity index (χ0) is 15.2. The smallest absolute Gasteiger partial charge is 0.138 e. The van der Waals surface area contributed by atoms with Crippen LogP contribution < -0.4 is 0 Å². The first-order chi connectivity index (χ1) is 10.7. The number of ketones is 1. The Labute approximate surface area is 131 Å². The number of likely N-dealkylation sites (tertiary alicyclic amines) is 1. The molecule has 0 N–H and O–H groups in total. The van der Waals surface area contributed by atoms with Gasteiger partial charge in [-0.1, -0.05) is 60.7 Å². The van der Waals surface area contributed by atoms with Crippen LogP contribution in [0.4, 0.5) is 0 Å². The van der Waals surface area contributed by atoms with Crippen LogP contribution in [0.5, 0.6) is 0 Å². The highest BCUT2D eigenvalue weighted by Gasteiger charge is 2.68. The fourth-order valence-corrected chi connectivity index (χ4v) is 4.37. The summed E-state index contributed by atoms with van der Waals surface area (Å²) in [6.45, 7) is 3.74. The standard InChI is InChI=1S/C20H21NO/c1-15(22)20-12-18(20)14-21(13-16-8-4-2-5-9-16)19(20)17-10-6-3-7-11-17/h2-11,18-19H,12-14H2,1H3. The van der Waals surface area contributed by atoms with Crippen LogP contribution in [0.15, 0.2) is 60.7 Å². The normalized spacial score (nSPS) is 30.0. The molecule has 0 spiro atoms. The van der Waals surface area contributed by atoms with Gasteiger partial charge in [-0.2, -0.15) is 0 Å². The van der Waals surface area contributed by atoms with Crippen LogP contribution in [0.25, 0.3) is 0 Å². The number of carbonyl (C=O) groups excluding carboxylic acids is 1. The average molecular weight is 291 g/mol. The van der Waals surface area contributed by atoms with Crippen molar-refractivity contribution < 1.29 is 4.79 Å². The molecule has 112 valence electrons. The summed E-state index contributed by atoms with van der Waals surface area (Å²) in [5, 5.41) is 0. The summed E-state index contributed by atoms with van der Waals surface area (Å²) in [5.74, 6) is 0.904. The van der Waals surface area contributed by atoms with Gasteiger partial charge in [-0.15, -0.1) is 0 Å². The van der Waals surface area contributed by atoms with E-state index in [1.165, 1.54) is 11.1 Å². The fraction of sp³-hybridized carbons (Fsp3) is 0.350. The molecule has 1 saturated carbocycles. The van der Waals surface area contributed by atoms with Crippen molar-refractivity contribution in [1.29, 1.82) is 0 Å². The second kappa shape index (κ2) is 5.06. The average Bonchev–Trinajstić information content (AvgIpc) is 3.16. The molecule has 1 heterocycles. The Balaban J connectivity index is 1.69. The largest absolute Gasteiger partial charge is 0.299 e. The van der Waals surface area contributed by atoms with E-state index < -0.39 is 0 Å². The van der Waals surface area contributed by atoms with E-state index in [1.54, 1.807) is 6.92 Å². The number of fused-ring (bicyclic) bond motifs is 1. The quantitative estimate of drug-likeness (QED) is 0.853. The number of carbonyl (C=O) groups is 1. The van der Waals surface area contributed by atoms with Gasteiger partial charge in [0.15, 0.2) is 0 Å². The van der Waals surface area contributed by atoms with Crippen molar-refractivity contribution in [1.82, 2.24) is 4.90 Å². The van der Waals surface area contributed by atoms with Crippen molar-refractivity contribution in [3.8, 4) is 0 Å². The molecule has 3 unspecified atom stereocenters. The lowest BCUT2D eigenvalue weighted by atomic mass is 9.86. The van der Waals surface area contributed by atoms with Crippen LogP contribution in [0.3, 0.4) is 0 Å². The highest BCUT2D eigenvalue weighted by Crippen LogP contribution is 2.67. The zero-order valence-electron chi connectivity index (χ0n) is 12.9. The van der Waals surface area contributed by atoms with Crippen LogP contribution in [0, 0.1) is 11.3 Å². The van der Waals surface area contributed by atoms with E-state index in [1.807, 2.05) is 6.07 Å². The minimum Gasteiger partial charge on any atom is -0.299 e. The summed E-state index contributed by atoms with van der Waals surface area (Å²) in [5.41, 5.74) is 2.48. The molecule has 2 nitrogen and oxygen atoms in total. The predicted molar refractivity (Wildman–Crippen MR) is 87.3 cm³/mol. The topological polar surface area (TPSA) is 20.3 Å². The summed E-state index contributed by atoms with van der Waals surface area (Å²) >= 11 is 0. The SMILES string of the molecule is CC(=O)C12CC1CN(Cc1ccccc1)C2c1ccccc1. The molecule has 4 rings (SSSR count). The maximum absolute atomic E-state index is 12.4. The van der Waals surface area contributed by atoms with Gasteiger partial charge in [0, 0.05) is 19.1 Å². The Morgan fingerprint density at radius 3 is 2.36 bits per heavy atom. The lowest BCUT2D eigenvalue weighted by molar-refractivity contribution is -0.123. The number of nitrogens with zero attached hydrogens (tertiary/aromatic N) is 1. The van der Waals surface area contributed by atoms with Crippen molar-refractivity contribution in [2.24, 2.45) is 11.3 Å². The Kier molecular flexibility index (Phi) is 3.16. The summed E-state index contributed by atoms with van der Waals surface area (Å²) < 4.78 is 0. The van der Waals surface area contributed by atoms with Crippen molar-refractivity contribution in [3.63, 3.8) is 0 Å². The maximum Gasteiger partial charge on any atom is 0.138 e. The Bertz CT molecular complexity index is 681. The molecule has 1 aliphatic carbocycles. The van der Waals surface area contributed by atoms with Crippen molar-refractivity contribution >= 4 is 5.78 Å². The van der Waals surface area contributed by atoms with Gasteiger partial charge in [-0.3, -0.25) is 9.69 Å². The Morgan fingerprint density at radius 1 is 1.09 bits per heavy atom. The minimum atomic E-state index is -0.129. The molecule has 0 radical (unpaired) electrons. The molecule has 1 saturated heterocycles. The summed E-state index contributed by atoms with van der Waals surface area (Å²) in [7, 11) is 0. The highest BCUT2D eigenvalue weighted by atomic mass is 16.1. The van der Waals surface area contributed by atoms with E-state index in [2.05, 4.69) is 59.5 Å². The molecule has 2 aliphatic rings. The van der Waals surface area contributed by atoms with Gasteiger partial charge < -0.3 is 0 Å². The molecule has 0 bridgehead atoms. The molecule has 2 aromatic rings. The molecule has 0 amide bonds. The van der Waals surface area contributed by atoms with Crippen LogP contribution in [-0.2, 0) is 11.3 Å². The zero-order valence-corrected chi connectivity index (χ0v) is 12.9. The number of piperidine rings is 1. The first-order valence-electron chi connectivity index (χ1n) is 8.06. The lowest BCUT2D eigenvalue weighted by Gasteiger charge is -2.31. The number of hydrogen-bond donors (Lipinski definition) is 0. The third kappa shape index (κ3) is 2.02. The first-order valence-corrected chi connectivity index (χ1v) is 8.06. The van der Waals surface area contributed by atoms with Gasteiger partial charge in [0.25, 0.3) is 0 Å². The number of rotatable bonds is 4. The second-order valence-electron chi connectivity index (χ2n) is 6.73. The number of hydrogen-bond acceptors (Lipinski definition) is 2.